The summed E-state index contributed by atoms with van der Waals surface area (Å²) in [6.45, 7) is 0. The van der Waals surface area contributed by atoms with Crippen molar-refractivity contribution < 1.29 is 34.8 Å². The molecule has 4 aromatic carbocycles. The van der Waals surface area contributed by atoms with Crippen LogP contribution in [0.3, 0.4) is 0 Å². The molecule has 0 bridgehead atoms. The fourth-order valence-electron chi connectivity index (χ4n) is 4.19. The normalized spacial score (nSPS) is 13.3. The summed E-state index contributed by atoms with van der Waals surface area (Å²) in [6.07, 6.45) is -8.71. The van der Waals surface area contributed by atoms with Crippen LogP contribution in [0.15, 0.2) is 94.7 Å². The van der Waals surface area contributed by atoms with E-state index in [1.54, 1.807) is 0 Å². The highest BCUT2D eigenvalue weighted by atomic mass is 35.5. The van der Waals surface area contributed by atoms with Gasteiger partial charge in [-0.05, 0) is 82.9 Å². The van der Waals surface area contributed by atoms with Crippen LogP contribution in [0.4, 0.5) is 26.3 Å². The van der Waals surface area contributed by atoms with Gasteiger partial charge in [0, 0.05) is 20.1 Å². The minimum Gasteiger partial charge on any atom is -0.218 e. The average molecular weight is 696 g/mol. The smallest absolute Gasteiger partial charge is 0.218 e. The summed E-state index contributed by atoms with van der Waals surface area (Å²) in [5.74, 6) is 0. The summed E-state index contributed by atoms with van der Waals surface area (Å²) in [6, 6.07) is 16.1. The van der Waals surface area contributed by atoms with Gasteiger partial charge < -0.3 is 0 Å². The van der Waals surface area contributed by atoms with Crippen molar-refractivity contribution in [2.45, 2.75) is 22.1 Å². The highest BCUT2D eigenvalue weighted by Crippen LogP contribution is 2.41. The molecular formula is C30H16Cl4F6O2S. The number of allylic oxidation sites excluding steroid dienone is 2. The molecule has 4 aromatic rings. The predicted molar refractivity (Wildman–Crippen MR) is 159 cm³/mol. The maximum atomic E-state index is 14.2. The average Bonchev–Trinajstić information content (AvgIpc) is 2.88. The molecule has 0 fully saturated rings. The van der Waals surface area contributed by atoms with E-state index in [1.165, 1.54) is 36.4 Å². The van der Waals surface area contributed by atoms with E-state index in [1.807, 2.05) is 0 Å². The van der Waals surface area contributed by atoms with Gasteiger partial charge in [-0.1, -0.05) is 82.8 Å². The maximum absolute atomic E-state index is 14.2. The Bertz CT molecular complexity index is 1690. The molecule has 0 N–H and O–H groups in total. The van der Waals surface area contributed by atoms with Crippen molar-refractivity contribution >= 4 is 79.5 Å². The molecular weight excluding hydrogens is 680 g/mol. The lowest BCUT2D eigenvalue weighted by Crippen LogP contribution is -2.12. The minimum atomic E-state index is -4.97. The third kappa shape index (κ3) is 7.77. The molecule has 43 heavy (non-hydrogen) atoms. The number of hydrogen-bond acceptors (Lipinski definition) is 2. The zero-order valence-electron chi connectivity index (χ0n) is 21.2. The molecule has 0 saturated carbocycles. The Hall–Kier alpha value is -2.95. The van der Waals surface area contributed by atoms with Crippen LogP contribution in [-0.2, 0) is 9.84 Å². The van der Waals surface area contributed by atoms with E-state index in [0.717, 1.165) is 48.5 Å². The molecule has 2 nitrogen and oxygen atoms in total. The van der Waals surface area contributed by atoms with Crippen molar-refractivity contribution in [2.75, 3.05) is 0 Å². The van der Waals surface area contributed by atoms with E-state index in [0.29, 0.717) is 12.2 Å². The second kappa shape index (κ2) is 12.6. The molecule has 0 atom stereocenters. The molecule has 0 aliphatic rings. The van der Waals surface area contributed by atoms with Gasteiger partial charge in [0.05, 0.1) is 20.9 Å². The minimum absolute atomic E-state index is 0.0827. The first kappa shape index (κ1) is 33.0. The van der Waals surface area contributed by atoms with E-state index in [2.05, 4.69) is 0 Å². The summed E-state index contributed by atoms with van der Waals surface area (Å²) in [4.78, 5) is -1.16. The third-order valence-corrected chi connectivity index (χ3v) is 8.75. The van der Waals surface area contributed by atoms with Crippen LogP contribution in [0, 0.1) is 0 Å². The van der Waals surface area contributed by atoms with E-state index >= 15 is 0 Å². The molecule has 0 aliphatic heterocycles. The fourth-order valence-corrected chi connectivity index (χ4v) is 6.87. The Balaban J connectivity index is 1.94. The Labute approximate surface area is 262 Å². The van der Waals surface area contributed by atoms with Gasteiger partial charge in [0.15, 0.2) is 0 Å². The largest absolute Gasteiger partial charge is 0.417 e. The fraction of sp³-hybridized carbons (Fsp3) is 0.0667. The molecule has 0 spiro atoms. The molecule has 13 heteroatoms. The number of alkyl halides is 6. The molecule has 0 amide bonds. The molecule has 0 radical (unpaired) electrons. The van der Waals surface area contributed by atoms with Gasteiger partial charge in [-0.3, -0.25) is 0 Å². The standard InChI is InChI=1S/C30H16Cl4F6O2S/c31-21-9-19(10-22(32)15-21)25(29(35,36)37)13-17-5-1-3-7-27(17)43(41,42)28-8-4-2-6-18(28)14-26(30(38,39)40)20-11-23(33)16-24(34)12-20/h1-16H. The summed E-state index contributed by atoms with van der Waals surface area (Å²) >= 11 is 23.6. The summed E-state index contributed by atoms with van der Waals surface area (Å²) in [7, 11) is -4.71. The van der Waals surface area contributed by atoms with Crippen LogP contribution in [-0.4, -0.2) is 20.8 Å². The van der Waals surface area contributed by atoms with Crippen LogP contribution in [0.5, 0.6) is 0 Å². The molecule has 0 heterocycles. The zero-order valence-corrected chi connectivity index (χ0v) is 25.1. The second-order valence-corrected chi connectivity index (χ2v) is 12.6. The van der Waals surface area contributed by atoms with Gasteiger partial charge in [0.1, 0.15) is 0 Å². The van der Waals surface area contributed by atoms with Crippen molar-refractivity contribution in [2.24, 2.45) is 0 Å². The first-order valence-corrected chi connectivity index (χ1v) is 14.9. The maximum Gasteiger partial charge on any atom is 0.417 e. The highest BCUT2D eigenvalue weighted by molar-refractivity contribution is 7.91. The first-order valence-electron chi connectivity index (χ1n) is 11.9. The van der Waals surface area contributed by atoms with Gasteiger partial charge in [-0.25, -0.2) is 8.42 Å². The monoisotopic (exact) mass is 694 g/mol. The lowest BCUT2D eigenvalue weighted by atomic mass is 10.0. The van der Waals surface area contributed by atoms with Gasteiger partial charge in [-0.2, -0.15) is 26.3 Å². The molecule has 4 rings (SSSR count). The van der Waals surface area contributed by atoms with Gasteiger partial charge in [-0.15, -0.1) is 0 Å². The van der Waals surface area contributed by atoms with E-state index in [-0.39, 0.29) is 31.2 Å². The van der Waals surface area contributed by atoms with Crippen LogP contribution in [0.25, 0.3) is 23.3 Å². The van der Waals surface area contributed by atoms with Crippen molar-refractivity contribution in [3.63, 3.8) is 0 Å². The van der Waals surface area contributed by atoms with Crippen molar-refractivity contribution in [3.05, 3.63) is 127 Å². The van der Waals surface area contributed by atoms with E-state index < -0.39 is 54.3 Å². The highest BCUT2D eigenvalue weighted by Gasteiger charge is 2.37. The number of hydrogen-bond donors (Lipinski definition) is 0. The SMILES string of the molecule is O=S(=O)(c1ccccc1C=C(c1cc(Cl)cc(Cl)c1)C(F)(F)F)c1ccccc1C=C(c1cc(Cl)cc(Cl)c1)C(F)(F)F. The van der Waals surface area contributed by atoms with Crippen molar-refractivity contribution in [1.82, 2.24) is 0 Å². The quantitative estimate of drug-likeness (QED) is 0.149. The third-order valence-electron chi connectivity index (χ3n) is 5.97. The number of sulfone groups is 1. The van der Waals surface area contributed by atoms with Crippen LogP contribution in [0.1, 0.15) is 22.3 Å². The molecule has 0 saturated heterocycles. The van der Waals surface area contributed by atoms with Gasteiger partial charge in [0.2, 0.25) is 9.84 Å². The van der Waals surface area contributed by atoms with Gasteiger partial charge in [0.25, 0.3) is 0 Å². The molecule has 224 valence electrons. The lowest BCUT2D eigenvalue weighted by Gasteiger charge is -2.16. The second-order valence-electron chi connectivity index (χ2n) is 9.01. The number of rotatable bonds is 6. The van der Waals surface area contributed by atoms with Crippen molar-refractivity contribution in [1.29, 1.82) is 0 Å². The summed E-state index contributed by atoms with van der Waals surface area (Å²) in [5.41, 5.74) is -4.08. The Kier molecular flexibility index (Phi) is 9.64. The van der Waals surface area contributed by atoms with Crippen molar-refractivity contribution in [3.8, 4) is 0 Å². The van der Waals surface area contributed by atoms with E-state index in [4.69, 9.17) is 46.4 Å². The van der Waals surface area contributed by atoms with Crippen LogP contribution in [0.2, 0.25) is 20.1 Å². The van der Waals surface area contributed by atoms with E-state index in [9.17, 15) is 34.8 Å². The summed E-state index contributed by atoms with van der Waals surface area (Å²) in [5, 5.41) is -0.331. The Morgan fingerprint density at radius 2 is 0.837 bits per heavy atom. The molecule has 0 aromatic heterocycles. The zero-order chi connectivity index (χ0) is 31.7. The molecule has 0 aliphatic carbocycles. The number of benzene rings is 4. The predicted octanol–water partition coefficient (Wildman–Crippen LogP) is 11.3. The topological polar surface area (TPSA) is 34.1 Å². The van der Waals surface area contributed by atoms with Crippen LogP contribution < -0.4 is 0 Å². The Morgan fingerprint density at radius 1 is 0.535 bits per heavy atom. The van der Waals surface area contributed by atoms with Crippen LogP contribution >= 0.6 is 46.4 Å². The van der Waals surface area contributed by atoms with Gasteiger partial charge >= 0.3 is 12.4 Å². The molecule has 0 unspecified atom stereocenters. The number of halogens is 10. The Morgan fingerprint density at radius 3 is 1.14 bits per heavy atom. The first-order chi connectivity index (χ1) is 20.0. The summed E-state index contributed by atoms with van der Waals surface area (Å²) < 4.78 is 113. The lowest BCUT2D eigenvalue weighted by molar-refractivity contribution is -0.0692.